The summed E-state index contributed by atoms with van der Waals surface area (Å²) in [6.07, 6.45) is 4.11. The van der Waals surface area contributed by atoms with E-state index in [1.807, 2.05) is 20.0 Å². The minimum Gasteiger partial charge on any atom is -0.354 e. The lowest BCUT2D eigenvalue weighted by Crippen LogP contribution is -2.49. The average Bonchev–Trinajstić information content (AvgIpc) is 2.52. The van der Waals surface area contributed by atoms with Crippen molar-refractivity contribution in [2.75, 3.05) is 20.1 Å². The lowest BCUT2D eigenvalue weighted by molar-refractivity contribution is 0.167. The molecular formula is C16H29IN6. The number of likely N-dealkylation sites (tertiary alicyclic amines) is 1. The Morgan fingerprint density at radius 3 is 2.65 bits per heavy atom. The fourth-order valence-corrected chi connectivity index (χ4v) is 2.73. The number of nitrogens with zero attached hydrogens (tertiary/aromatic N) is 4. The second-order valence-corrected chi connectivity index (χ2v) is 6.07. The van der Waals surface area contributed by atoms with Crippen LogP contribution < -0.4 is 10.6 Å². The van der Waals surface area contributed by atoms with Crippen LogP contribution >= 0.6 is 24.0 Å². The second-order valence-electron chi connectivity index (χ2n) is 6.07. The van der Waals surface area contributed by atoms with Crippen molar-refractivity contribution >= 4 is 29.9 Å². The maximum atomic E-state index is 4.39. The molecule has 0 saturated carbocycles. The van der Waals surface area contributed by atoms with Crippen LogP contribution in [0, 0.1) is 6.92 Å². The van der Waals surface area contributed by atoms with Crippen molar-refractivity contribution in [3.8, 4) is 0 Å². The Morgan fingerprint density at radius 1 is 1.39 bits per heavy atom. The first-order valence-electron chi connectivity index (χ1n) is 8.08. The highest BCUT2D eigenvalue weighted by Gasteiger charge is 2.21. The van der Waals surface area contributed by atoms with E-state index in [9.17, 15) is 0 Å². The zero-order valence-electron chi connectivity index (χ0n) is 14.5. The van der Waals surface area contributed by atoms with Crippen LogP contribution in [-0.4, -0.2) is 53.0 Å². The van der Waals surface area contributed by atoms with Gasteiger partial charge in [-0.2, -0.15) is 0 Å². The van der Waals surface area contributed by atoms with Gasteiger partial charge in [-0.05, 0) is 39.7 Å². The average molecular weight is 432 g/mol. The van der Waals surface area contributed by atoms with Crippen molar-refractivity contribution in [3.05, 3.63) is 23.8 Å². The van der Waals surface area contributed by atoms with Crippen LogP contribution in [0.2, 0.25) is 0 Å². The summed E-state index contributed by atoms with van der Waals surface area (Å²) in [5, 5.41) is 6.85. The standard InChI is InChI=1S/C16H28N6.HI/c1-12(2)22-9-6-14(7-10-22)21-16(17-4)19-11-15-5-8-18-13(3)20-15;/h5,8,12,14H,6-7,9-11H2,1-4H3,(H2,17,19,21);1H. The van der Waals surface area contributed by atoms with Gasteiger partial charge in [0, 0.05) is 38.4 Å². The van der Waals surface area contributed by atoms with E-state index in [0.717, 1.165) is 43.4 Å². The van der Waals surface area contributed by atoms with E-state index in [-0.39, 0.29) is 24.0 Å². The van der Waals surface area contributed by atoms with Crippen molar-refractivity contribution in [1.29, 1.82) is 0 Å². The SMILES string of the molecule is CN=C(NCc1ccnc(C)n1)NC1CCN(C(C)C)CC1.I. The molecule has 6 nitrogen and oxygen atoms in total. The molecule has 7 heteroatoms. The van der Waals surface area contributed by atoms with Gasteiger partial charge >= 0.3 is 0 Å². The summed E-state index contributed by atoms with van der Waals surface area (Å²) in [5.41, 5.74) is 0.977. The Balaban J connectivity index is 0.00000264. The first kappa shape index (κ1) is 20.1. The maximum Gasteiger partial charge on any atom is 0.191 e. The van der Waals surface area contributed by atoms with Crippen LogP contribution in [0.25, 0.3) is 0 Å². The molecule has 2 heterocycles. The summed E-state index contributed by atoms with van der Waals surface area (Å²) in [4.78, 5) is 15.3. The van der Waals surface area contributed by atoms with Crippen molar-refractivity contribution in [3.63, 3.8) is 0 Å². The van der Waals surface area contributed by atoms with E-state index < -0.39 is 0 Å². The maximum absolute atomic E-state index is 4.39. The lowest BCUT2D eigenvalue weighted by Gasteiger charge is -2.35. The molecule has 0 amide bonds. The monoisotopic (exact) mass is 432 g/mol. The van der Waals surface area contributed by atoms with Crippen molar-refractivity contribution in [2.45, 2.75) is 52.2 Å². The topological polar surface area (TPSA) is 65.4 Å². The molecule has 1 aromatic rings. The van der Waals surface area contributed by atoms with E-state index in [4.69, 9.17) is 0 Å². The normalized spacial score (nSPS) is 17.0. The van der Waals surface area contributed by atoms with Crippen molar-refractivity contribution in [1.82, 2.24) is 25.5 Å². The highest BCUT2D eigenvalue weighted by molar-refractivity contribution is 14.0. The number of aryl methyl sites for hydroxylation is 1. The number of aromatic nitrogens is 2. The van der Waals surface area contributed by atoms with E-state index in [1.54, 1.807) is 6.20 Å². The van der Waals surface area contributed by atoms with Gasteiger partial charge in [0.2, 0.25) is 0 Å². The Hall–Kier alpha value is -0.960. The molecule has 0 spiro atoms. The van der Waals surface area contributed by atoms with Gasteiger partial charge in [-0.3, -0.25) is 4.99 Å². The number of nitrogens with one attached hydrogen (secondary N) is 2. The summed E-state index contributed by atoms with van der Waals surface area (Å²) in [5.74, 6) is 1.64. The summed E-state index contributed by atoms with van der Waals surface area (Å²) < 4.78 is 0. The zero-order valence-corrected chi connectivity index (χ0v) is 16.9. The highest BCUT2D eigenvalue weighted by atomic mass is 127. The van der Waals surface area contributed by atoms with E-state index in [2.05, 4.69) is 44.3 Å². The molecule has 0 aliphatic carbocycles. The number of piperidine rings is 1. The molecule has 2 rings (SSSR count). The van der Waals surface area contributed by atoms with Gasteiger partial charge in [0.15, 0.2) is 5.96 Å². The highest BCUT2D eigenvalue weighted by Crippen LogP contribution is 2.12. The molecule has 2 N–H and O–H groups in total. The molecule has 0 atom stereocenters. The Morgan fingerprint density at radius 2 is 2.09 bits per heavy atom. The Bertz CT molecular complexity index is 497. The molecule has 1 aliphatic rings. The first-order chi connectivity index (χ1) is 10.6. The van der Waals surface area contributed by atoms with Gasteiger partial charge in [0.25, 0.3) is 0 Å². The quantitative estimate of drug-likeness (QED) is 0.433. The molecule has 1 fully saturated rings. The summed E-state index contributed by atoms with van der Waals surface area (Å²) >= 11 is 0. The predicted molar refractivity (Wildman–Crippen MR) is 105 cm³/mol. The number of halogens is 1. The van der Waals surface area contributed by atoms with Crippen LogP contribution in [-0.2, 0) is 6.54 Å². The summed E-state index contributed by atoms with van der Waals surface area (Å²) in [6.45, 7) is 9.39. The van der Waals surface area contributed by atoms with Crippen molar-refractivity contribution in [2.24, 2.45) is 4.99 Å². The fourth-order valence-electron chi connectivity index (χ4n) is 2.73. The minimum atomic E-state index is 0. The van der Waals surface area contributed by atoms with Gasteiger partial charge in [-0.15, -0.1) is 24.0 Å². The van der Waals surface area contributed by atoms with Crippen LogP contribution in [0.1, 0.15) is 38.2 Å². The molecule has 1 aromatic heterocycles. The van der Waals surface area contributed by atoms with Crippen LogP contribution in [0.3, 0.4) is 0 Å². The van der Waals surface area contributed by atoms with E-state index >= 15 is 0 Å². The Kier molecular flexibility index (Phi) is 8.75. The molecule has 0 unspecified atom stereocenters. The Labute approximate surface area is 156 Å². The van der Waals surface area contributed by atoms with Crippen LogP contribution in [0.15, 0.2) is 17.3 Å². The van der Waals surface area contributed by atoms with Gasteiger partial charge in [0.05, 0.1) is 12.2 Å². The van der Waals surface area contributed by atoms with Gasteiger partial charge in [-0.25, -0.2) is 9.97 Å². The number of hydrogen-bond donors (Lipinski definition) is 2. The molecule has 23 heavy (non-hydrogen) atoms. The number of guanidine groups is 1. The fraction of sp³-hybridized carbons (Fsp3) is 0.688. The molecular weight excluding hydrogens is 403 g/mol. The largest absolute Gasteiger partial charge is 0.354 e. The van der Waals surface area contributed by atoms with E-state index in [1.165, 1.54) is 0 Å². The van der Waals surface area contributed by atoms with Crippen LogP contribution in [0.5, 0.6) is 0 Å². The minimum absolute atomic E-state index is 0. The van der Waals surface area contributed by atoms with Gasteiger partial charge in [-0.1, -0.05) is 0 Å². The third-order valence-electron chi connectivity index (χ3n) is 4.09. The molecule has 0 bridgehead atoms. The zero-order chi connectivity index (χ0) is 15.9. The molecule has 1 saturated heterocycles. The summed E-state index contributed by atoms with van der Waals surface area (Å²) in [6, 6.07) is 3.06. The molecule has 0 radical (unpaired) electrons. The predicted octanol–water partition coefficient (Wildman–Crippen LogP) is 1.94. The molecule has 130 valence electrons. The number of aliphatic imine (C=N–C) groups is 1. The van der Waals surface area contributed by atoms with Crippen LogP contribution in [0.4, 0.5) is 0 Å². The first-order valence-corrected chi connectivity index (χ1v) is 8.08. The third-order valence-corrected chi connectivity index (χ3v) is 4.09. The third kappa shape index (κ3) is 6.58. The smallest absolute Gasteiger partial charge is 0.191 e. The van der Waals surface area contributed by atoms with Crippen molar-refractivity contribution < 1.29 is 0 Å². The van der Waals surface area contributed by atoms with Gasteiger partial charge in [0.1, 0.15) is 5.82 Å². The summed E-state index contributed by atoms with van der Waals surface area (Å²) in [7, 11) is 1.81. The number of rotatable bonds is 4. The molecule has 0 aromatic carbocycles. The van der Waals surface area contributed by atoms with E-state index in [0.29, 0.717) is 18.6 Å². The second kappa shape index (κ2) is 10.0. The number of hydrogen-bond acceptors (Lipinski definition) is 4. The molecule has 1 aliphatic heterocycles. The van der Waals surface area contributed by atoms with Gasteiger partial charge < -0.3 is 15.5 Å². The lowest BCUT2D eigenvalue weighted by atomic mass is 10.0.